The number of rotatable bonds is 4. The molecule has 9 heteroatoms. The summed E-state index contributed by atoms with van der Waals surface area (Å²) in [6.45, 7) is 16.5. The van der Waals surface area contributed by atoms with E-state index in [-0.39, 0.29) is 41.6 Å². The Morgan fingerprint density at radius 1 is 0.900 bits per heavy atom. The van der Waals surface area contributed by atoms with Crippen molar-refractivity contribution < 1.29 is 28.4 Å². The third kappa shape index (κ3) is 4.02. The monoisotopic (exact) mass is 550 g/mol. The van der Waals surface area contributed by atoms with E-state index in [1.807, 2.05) is 7.05 Å². The van der Waals surface area contributed by atoms with Crippen LogP contribution in [0.4, 0.5) is 0 Å². The van der Waals surface area contributed by atoms with Crippen LogP contribution in [-0.4, -0.2) is 89.0 Å². The Hall–Kier alpha value is -1.93. The molecule has 1 aromatic carbocycles. The number of aromatic nitrogens is 1. The largest absolute Gasteiger partial charge is 0.382 e. The zero-order valence-corrected chi connectivity index (χ0v) is 24.8. The molecule has 0 aliphatic carbocycles. The van der Waals surface area contributed by atoms with Crippen molar-refractivity contribution in [3.05, 3.63) is 35.0 Å². The normalized spacial score (nSPS) is 34.2. The van der Waals surface area contributed by atoms with Gasteiger partial charge in [0, 0.05) is 23.9 Å². The lowest BCUT2D eigenvalue weighted by Crippen LogP contribution is -2.66. The van der Waals surface area contributed by atoms with Gasteiger partial charge in [-0.15, -0.1) is 0 Å². The van der Waals surface area contributed by atoms with E-state index >= 15 is 0 Å². The van der Waals surface area contributed by atoms with Crippen LogP contribution in [0.5, 0.6) is 0 Å². The van der Waals surface area contributed by atoms with Crippen molar-refractivity contribution in [3.8, 4) is 6.07 Å². The Balaban J connectivity index is 1.70. The van der Waals surface area contributed by atoms with Crippen LogP contribution in [0.25, 0.3) is 10.9 Å². The zero-order chi connectivity index (χ0) is 28.3. The van der Waals surface area contributed by atoms with Gasteiger partial charge in [0.1, 0.15) is 6.07 Å². The highest BCUT2D eigenvalue weighted by molar-refractivity contribution is 6.68. The van der Waals surface area contributed by atoms with Crippen molar-refractivity contribution in [2.24, 2.45) is 18.4 Å². The van der Waals surface area contributed by atoms with Crippen molar-refractivity contribution in [1.82, 2.24) is 4.57 Å². The highest BCUT2D eigenvalue weighted by Crippen LogP contribution is 2.71. The second-order valence-corrected chi connectivity index (χ2v) is 13.2. The fourth-order valence-corrected chi connectivity index (χ4v) is 8.91. The number of hydrogen-bond donors (Lipinski definition) is 0. The minimum absolute atomic E-state index is 0.00876. The molecule has 5 heterocycles. The molecular weight excluding hydrogens is 507 g/mol. The van der Waals surface area contributed by atoms with E-state index in [0.717, 1.165) is 22.0 Å². The average molecular weight is 551 g/mol. The first-order valence-corrected chi connectivity index (χ1v) is 14.7. The van der Waals surface area contributed by atoms with Crippen LogP contribution in [0.2, 0.25) is 5.31 Å². The predicted octanol–water partition coefficient (Wildman–Crippen LogP) is 3.85. The molecule has 0 N–H and O–H groups in total. The van der Waals surface area contributed by atoms with Crippen LogP contribution in [0.3, 0.4) is 0 Å². The first-order chi connectivity index (χ1) is 19.2. The van der Waals surface area contributed by atoms with Gasteiger partial charge in [0.25, 0.3) is 0 Å². The maximum Gasteiger partial charge on any atom is 0.200 e. The molecule has 0 bridgehead atoms. The summed E-state index contributed by atoms with van der Waals surface area (Å²) in [6, 6.07) is 6.81. The summed E-state index contributed by atoms with van der Waals surface area (Å²) in [6.07, 6.45) is 1.69. The van der Waals surface area contributed by atoms with E-state index < -0.39 is 5.31 Å². The number of ether oxygens (including phenoxy) is 6. The van der Waals surface area contributed by atoms with Gasteiger partial charge in [-0.3, -0.25) is 0 Å². The molecule has 0 amide bonds. The van der Waals surface area contributed by atoms with Crippen LogP contribution in [0.15, 0.2) is 18.3 Å². The van der Waals surface area contributed by atoms with E-state index in [1.165, 1.54) is 0 Å². The molecule has 6 rings (SSSR count). The lowest BCUT2D eigenvalue weighted by atomic mass is 9.20. The maximum absolute atomic E-state index is 10.5. The van der Waals surface area contributed by atoms with Crippen molar-refractivity contribution >= 4 is 17.6 Å². The molecule has 8 nitrogen and oxygen atoms in total. The number of benzene rings is 1. The first-order valence-electron chi connectivity index (χ1n) is 14.7. The second-order valence-electron chi connectivity index (χ2n) is 13.2. The molecule has 5 unspecified atom stereocenters. The molecule has 4 aliphatic rings. The highest BCUT2D eigenvalue weighted by atomic mass is 16.6. The van der Waals surface area contributed by atoms with Crippen LogP contribution >= 0.6 is 0 Å². The lowest BCUT2D eigenvalue weighted by Gasteiger charge is -2.52. The third-order valence-corrected chi connectivity index (χ3v) is 10.9. The van der Waals surface area contributed by atoms with Gasteiger partial charge in [-0.2, -0.15) is 5.26 Å². The van der Waals surface area contributed by atoms with E-state index in [0.29, 0.717) is 65.0 Å². The van der Waals surface area contributed by atoms with Gasteiger partial charge in [0.05, 0.1) is 88.8 Å². The number of fused-ring (bicyclic) bond motifs is 1. The van der Waals surface area contributed by atoms with Gasteiger partial charge in [-0.25, -0.2) is 0 Å². The van der Waals surface area contributed by atoms with Crippen molar-refractivity contribution in [2.75, 3.05) is 59.5 Å². The van der Waals surface area contributed by atoms with Crippen molar-refractivity contribution in [3.63, 3.8) is 0 Å². The van der Waals surface area contributed by atoms with Crippen molar-refractivity contribution in [2.45, 2.75) is 63.5 Å². The molecule has 0 saturated carbocycles. The standard InChI is InChI=1S/C31H43BN2O6/c1-20-16-34(6)27-21(15-33)13-22(14-23(20)27)31(25-18-36-8-11-39-25)28(24-17-35-7-10-38-24)29(2,3)30(4,5)32(31)26-19-37-9-12-40-26/h13-14,16,24-26,28H,7-12,17-19H2,1-6H3. The second kappa shape index (κ2) is 10.4. The Morgan fingerprint density at radius 2 is 1.57 bits per heavy atom. The lowest BCUT2D eigenvalue weighted by molar-refractivity contribution is -0.168. The van der Waals surface area contributed by atoms with Crippen LogP contribution in [0, 0.1) is 29.6 Å². The molecule has 4 fully saturated rings. The Morgan fingerprint density at radius 3 is 2.17 bits per heavy atom. The zero-order valence-electron chi connectivity index (χ0n) is 24.8. The quantitative estimate of drug-likeness (QED) is 0.535. The highest BCUT2D eigenvalue weighted by Gasteiger charge is 2.76. The van der Waals surface area contributed by atoms with Crippen LogP contribution in [-0.2, 0) is 40.8 Å². The molecular formula is C31H43BN2O6. The number of aryl methyl sites for hydroxylation is 2. The fourth-order valence-electron chi connectivity index (χ4n) is 8.91. The molecule has 5 atom stereocenters. The number of hydrogen-bond acceptors (Lipinski definition) is 7. The Labute approximate surface area is 238 Å². The molecule has 0 radical (unpaired) electrons. The summed E-state index contributed by atoms with van der Waals surface area (Å²) in [7, 11) is 2.01. The van der Waals surface area contributed by atoms with E-state index in [9.17, 15) is 5.26 Å². The van der Waals surface area contributed by atoms with Gasteiger partial charge in [0.15, 0.2) is 0 Å². The summed E-state index contributed by atoms with van der Waals surface area (Å²) < 4.78 is 40.4. The molecule has 0 spiro atoms. The third-order valence-electron chi connectivity index (χ3n) is 10.9. The minimum atomic E-state index is -0.605. The molecule has 40 heavy (non-hydrogen) atoms. The summed E-state index contributed by atoms with van der Waals surface area (Å²) in [5.41, 5.74) is 3.64. The topological polar surface area (TPSA) is 84.1 Å². The molecule has 4 saturated heterocycles. The summed E-state index contributed by atoms with van der Waals surface area (Å²) >= 11 is 0. The SMILES string of the molecule is Cc1cn(C)c2c(C#N)cc(C3(C4COCCO4)B(C4COCCO4)C(C)(C)C(C)(C)C3C3COCCO3)cc12. The van der Waals surface area contributed by atoms with Crippen LogP contribution < -0.4 is 0 Å². The predicted molar refractivity (Wildman–Crippen MR) is 153 cm³/mol. The smallest absolute Gasteiger partial charge is 0.200 e. The number of nitriles is 1. The average Bonchev–Trinajstić information content (AvgIpc) is 3.33. The number of nitrogens with zero attached hydrogens (tertiary/aromatic N) is 2. The molecule has 1 aromatic heterocycles. The van der Waals surface area contributed by atoms with Crippen molar-refractivity contribution in [1.29, 1.82) is 5.26 Å². The molecule has 2 aromatic rings. The Kier molecular flexibility index (Phi) is 7.34. The van der Waals surface area contributed by atoms with Gasteiger partial charge < -0.3 is 33.0 Å². The van der Waals surface area contributed by atoms with E-state index in [4.69, 9.17) is 28.4 Å². The fraction of sp³-hybridized carbons (Fsp3) is 0.710. The Bertz CT molecular complexity index is 1240. The first kappa shape index (κ1) is 28.2. The minimum Gasteiger partial charge on any atom is -0.382 e. The van der Waals surface area contributed by atoms with E-state index in [2.05, 4.69) is 63.6 Å². The summed E-state index contributed by atoms with van der Waals surface area (Å²) in [5.74, 6) is -0.00876. The maximum atomic E-state index is 10.5. The summed E-state index contributed by atoms with van der Waals surface area (Å²) in [5, 5.41) is 10.7. The van der Waals surface area contributed by atoms with Crippen LogP contribution in [0.1, 0.15) is 44.4 Å². The summed E-state index contributed by atoms with van der Waals surface area (Å²) in [4.78, 5) is 0. The molecule has 216 valence electrons. The van der Waals surface area contributed by atoms with Gasteiger partial charge in [-0.05, 0) is 46.8 Å². The van der Waals surface area contributed by atoms with Gasteiger partial charge >= 0.3 is 0 Å². The van der Waals surface area contributed by atoms with Gasteiger partial charge in [0.2, 0.25) is 6.71 Å². The molecule has 4 aliphatic heterocycles. The van der Waals surface area contributed by atoms with Gasteiger partial charge in [-0.1, -0.05) is 27.7 Å². The van der Waals surface area contributed by atoms with E-state index in [1.54, 1.807) is 0 Å².